The lowest BCUT2D eigenvalue weighted by Crippen LogP contribution is -2.33. The SMILES string of the molecule is COC(=O)[C@H](N)Cc1cccc(C=O)n1. The quantitative estimate of drug-likeness (QED) is 0.553. The number of aldehydes is 1. The number of nitrogens with two attached hydrogens (primary N) is 1. The first-order chi connectivity index (χ1) is 7.17. The number of ether oxygens (including phenoxy) is 1. The summed E-state index contributed by atoms with van der Waals surface area (Å²) < 4.78 is 4.48. The highest BCUT2D eigenvalue weighted by Crippen LogP contribution is 2.01. The number of methoxy groups -OCH3 is 1. The maximum absolute atomic E-state index is 11.0. The second kappa shape index (κ2) is 5.21. The molecule has 0 aliphatic heterocycles. The van der Waals surface area contributed by atoms with Crippen molar-refractivity contribution in [1.82, 2.24) is 4.98 Å². The number of carbonyl (C=O) groups is 2. The number of hydrogen-bond acceptors (Lipinski definition) is 5. The number of carbonyl (C=O) groups excluding carboxylic acids is 2. The number of hydrogen-bond donors (Lipinski definition) is 1. The topological polar surface area (TPSA) is 82.3 Å². The number of nitrogens with zero attached hydrogens (tertiary/aromatic N) is 1. The normalized spacial score (nSPS) is 11.9. The van der Waals surface area contributed by atoms with Gasteiger partial charge in [-0.3, -0.25) is 9.59 Å². The average molecular weight is 208 g/mol. The minimum absolute atomic E-state index is 0.258. The lowest BCUT2D eigenvalue weighted by atomic mass is 10.1. The van der Waals surface area contributed by atoms with Gasteiger partial charge < -0.3 is 10.5 Å². The van der Waals surface area contributed by atoms with E-state index in [1.807, 2.05) is 0 Å². The van der Waals surface area contributed by atoms with Crippen molar-refractivity contribution in [3.63, 3.8) is 0 Å². The van der Waals surface area contributed by atoms with Crippen LogP contribution in [0.1, 0.15) is 16.2 Å². The molecule has 0 aliphatic rings. The molecule has 0 saturated carbocycles. The summed E-state index contributed by atoms with van der Waals surface area (Å²) in [6, 6.07) is 4.23. The number of rotatable bonds is 4. The summed E-state index contributed by atoms with van der Waals surface area (Å²) in [7, 11) is 1.28. The summed E-state index contributed by atoms with van der Waals surface area (Å²) in [5.41, 5.74) is 6.47. The Morgan fingerprint density at radius 2 is 2.40 bits per heavy atom. The molecule has 0 aliphatic carbocycles. The van der Waals surface area contributed by atoms with E-state index < -0.39 is 12.0 Å². The molecule has 1 aromatic heterocycles. The molecule has 2 N–H and O–H groups in total. The Hall–Kier alpha value is -1.75. The number of aromatic nitrogens is 1. The monoisotopic (exact) mass is 208 g/mol. The summed E-state index contributed by atoms with van der Waals surface area (Å²) in [6.45, 7) is 0. The summed E-state index contributed by atoms with van der Waals surface area (Å²) in [5, 5.41) is 0. The first-order valence-electron chi connectivity index (χ1n) is 4.42. The smallest absolute Gasteiger partial charge is 0.323 e. The molecule has 0 amide bonds. The van der Waals surface area contributed by atoms with Gasteiger partial charge in [-0.15, -0.1) is 0 Å². The van der Waals surface area contributed by atoms with E-state index in [1.54, 1.807) is 18.2 Å². The van der Waals surface area contributed by atoms with Crippen LogP contribution in [0.2, 0.25) is 0 Å². The first kappa shape index (κ1) is 11.3. The maximum atomic E-state index is 11.0. The van der Waals surface area contributed by atoms with Gasteiger partial charge >= 0.3 is 5.97 Å². The zero-order valence-corrected chi connectivity index (χ0v) is 8.34. The Morgan fingerprint density at radius 3 is 3.00 bits per heavy atom. The molecule has 0 radical (unpaired) electrons. The zero-order chi connectivity index (χ0) is 11.3. The lowest BCUT2D eigenvalue weighted by Gasteiger charge is -2.08. The lowest BCUT2D eigenvalue weighted by molar-refractivity contribution is -0.142. The molecule has 0 unspecified atom stereocenters. The molecule has 0 fully saturated rings. The molecule has 5 nitrogen and oxygen atoms in total. The van der Waals surface area contributed by atoms with Crippen LogP contribution in [0.25, 0.3) is 0 Å². The molecule has 1 atom stereocenters. The van der Waals surface area contributed by atoms with Crippen molar-refractivity contribution < 1.29 is 14.3 Å². The predicted octanol–water partition coefficient (Wildman–Crippen LogP) is -0.0631. The van der Waals surface area contributed by atoms with Gasteiger partial charge in [-0.05, 0) is 12.1 Å². The first-order valence-corrected chi connectivity index (χ1v) is 4.42. The molecule has 0 aromatic carbocycles. The van der Waals surface area contributed by atoms with Gasteiger partial charge in [0.05, 0.1) is 7.11 Å². The van der Waals surface area contributed by atoms with E-state index in [0.29, 0.717) is 17.7 Å². The number of pyridine rings is 1. The highest BCUT2D eigenvalue weighted by Gasteiger charge is 2.14. The molecule has 5 heteroatoms. The van der Waals surface area contributed by atoms with Gasteiger partial charge in [0.25, 0.3) is 0 Å². The van der Waals surface area contributed by atoms with Crippen LogP contribution in [0.15, 0.2) is 18.2 Å². The van der Waals surface area contributed by atoms with Crippen molar-refractivity contribution in [2.45, 2.75) is 12.5 Å². The van der Waals surface area contributed by atoms with Crippen LogP contribution in [-0.2, 0) is 16.0 Å². The van der Waals surface area contributed by atoms with Crippen LogP contribution in [0, 0.1) is 0 Å². The largest absolute Gasteiger partial charge is 0.468 e. The van der Waals surface area contributed by atoms with E-state index in [9.17, 15) is 9.59 Å². The standard InChI is InChI=1S/C10H12N2O3/c1-15-10(14)9(11)5-7-3-2-4-8(6-13)12-7/h2-4,6,9H,5,11H2,1H3/t9-/m1/s1. The summed E-state index contributed by atoms with van der Waals surface area (Å²) in [5.74, 6) is -0.492. The molecular formula is C10H12N2O3. The second-order valence-electron chi connectivity index (χ2n) is 3.01. The molecule has 1 heterocycles. The average Bonchev–Trinajstić information content (AvgIpc) is 2.28. The minimum Gasteiger partial charge on any atom is -0.468 e. The Bertz CT molecular complexity index is 365. The Labute approximate surface area is 87.3 Å². The van der Waals surface area contributed by atoms with E-state index in [4.69, 9.17) is 5.73 Å². The van der Waals surface area contributed by atoms with Gasteiger partial charge in [0.1, 0.15) is 11.7 Å². The molecule has 0 saturated heterocycles. The van der Waals surface area contributed by atoms with E-state index >= 15 is 0 Å². The van der Waals surface area contributed by atoms with Crippen molar-refractivity contribution in [1.29, 1.82) is 0 Å². The highest BCUT2D eigenvalue weighted by molar-refractivity contribution is 5.75. The van der Waals surface area contributed by atoms with Crippen LogP contribution in [-0.4, -0.2) is 30.4 Å². The third kappa shape index (κ3) is 3.14. The maximum Gasteiger partial charge on any atom is 0.323 e. The minimum atomic E-state index is -0.746. The molecule has 15 heavy (non-hydrogen) atoms. The van der Waals surface area contributed by atoms with Gasteiger partial charge in [0.2, 0.25) is 0 Å². The van der Waals surface area contributed by atoms with Crippen molar-refractivity contribution in [2.75, 3.05) is 7.11 Å². The van der Waals surface area contributed by atoms with Crippen molar-refractivity contribution in [3.8, 4) is 0 Å². The molecule has 0 spiro atoms. The van der Waals surface area contributed by atoms with Crippen LogP contribution in [0.4, 0.5) is 0 Å². The fourth-order valence-electron chi connectivity index (χ4n) is 1.14. The summed E-state index contributed by atoms with van der Waals surface area (Å²) in [6.07, 6.45) is 0.904. The molecular weight excluding hydrogens is 196 g/mol. The predicted molar refractivity (Wildman–Crippen MR) is 53.3 cm³/mol. The Balaban J connectivity index is 2.71. The van der Waals surface area contributed by atoms with Gasteiger partial charge in [0.15, 0.2) is 6.29 Å². The van der Waals surface area contributed by atoms with E-state index in [1.165, 1.54) is 7.11 Å². The molecule has 80 valence electrons. The Kier molecular flexibility index (Phi) is 3.93. The molecule has 1 aromatic rings. The van der Waals surface area contributed by atoms with Crippen molar-refractivity contribution in [3.05, 3.63) is 29.6 Å². The van der Waals surface area contributed by atoms with Crippen LogP contribution < -0.4 is 5.73 Å². The van der Waals surface area contributed by atoms with Crippen LogP contribution in [0.3, 0.4) is 0 Å². The van der Waals surface area contributed by atoms with E-state index in [-0.39, 0.29) is 6.42 Å². The van der Waals surface area contributed by atoms with Crippen LogP contribution in [0.5, 0.6) is 0 Å². The summed E-state index contributed by atoms with van der Waals surface area (Å²) in [4.78, 5) is 25.5. The number of esters is 1. The molecule has 1 rings (SSSR count). The van der Waals surface area contributed by atoms with Crippen LogP contribution >= 0.6 is 0 Å². The summed E-state index contributed by atoms with van der Waals surface area (Å²) >= 11 is 0. The van der Waals surface area contributed by atoms with Gasteiger partial charge in [0, 0.05) is 12.1 Å². The van der Waals surface area contributed by atoms with E-state index in [0.717, 1.165) is 0 Å². The highest BCUT2D eigenvalue weighted by atomic mass is 16.5. The Morgan fingerprint density at radius 1 is 1.67 bits per heavy atom. The third-order valence-electron chi connectivity index (χ3n) is 1.88. The van der Waals surface area contributed by atoms with Crippen molar-refractivity contribution >= 4 is 12.3 Å². The van der Waals surface area contributed by atoms with Gasteiger partial charge in [-0.25, -0.2) is 4.98 Å². The van der Waals surface area contributed by atoms with Crippen molar-refractivity contribution in [2.24, 2.45) is 5.73 Å². The van der Waals surface area contributed by atoms with E-state index in [2.05, 4.69) is 9.72 Å². The van der Waals surface area contributed by atoms with Gasteiger partial charge in [-0.2, -0.15) is 0 Å². The fourth-order valence-corrected chi connectivity index (χ4v) is 1.14. The second-order valence-corrected chi connectivity index (χ2v) is 3.01. The fraction of sp³-hybridized carbons (Fsp3) is 0.300. The van der Waals surface area contributed by atoms with Gasteiger partial charge in [-0.1, -0.05) is 6.07 Å². The molecule has 0 bridgehead atoms. The third-order valence-corrected chi connectivity index (χ3v) is 1.88. The zero-order valence-electron chi connectivity index (χ0n) is 8.34.